The lowest BCUT2D eigenvalue weighted by molar-refractivity contribution is 0.218. The number of rotatable bonds is 7. The van der Waals surface area contributed by atoms with E-state index in [4.69, 9.17) is 16.3 Å². The van der Waals surface area contributed by atoms with Crippen LogP contribution < -0.4 is 10.1 Å². The van der Waals surface area contributed by atoms with Gasteiger partial charge in [-0.1, -0.05) is 17.7 Å². The summed E-state index contributed by atoms with van der Waals surface area (Å²) in [5, 5.41) is 4.14. The molecule has 0 amide bonds. The van der Waals surface area contributed by atoms with E-state index in [1.807, 2.05) is 24.3 Å². The van der Waals surface area contributed by atoms with Crippen LogP contribution in [0.4, 0.5) is 0 Å². The third-order valence-corrected chi connectivity index (χ3v) is 4.01. The van der Waals surface area contributed by atoms with Gasteiger partial charge in [-0.25, -0.2) is 0 Å². The van der Waals surface area contributed by atoms with Crippen LogP contribution in [0.15, 0.2) is 24.3 Å². The fraction of sp³-hybridized carbons (Fsp3) is 0.625. The molecule has 0 unspecified atom stereocenters. The summed E-state index contributed by atoms with van der Waals surface area (Å²) in [6, 6.07) is 7.59. The SMILES string of the molecule is CN(CCCOc1cccc(Cl)c1)CC1CCNCC1.Cl. The third-order valence-electron chi connectivity index (χ3n) is 3.78. The Morgan fingerprint density at radius 2 is 2.10 bits per heavy atom. The zero-order chi connectivity index (χ0) is 14.2. The van der Waals surface area contributed by atoms with E-state index in [0.717, 1.165) is 36.3 Å². The maximum absolute atomic E-state index is 5.92. The molecule has 0 radical (unpaired) electrons. The van der Waals surface area contributed by atoms with E-state index in [1.165, 1.54) is 32.5 Å². The van der Waals surface area contributed by atoms with Crippen molar-refractivity contribution in [3.63, 3.8) is 0 Å². The molecule has 3 nitrogen and oxygen atoms in total. The highest BCUT2D eigenvalue weighted by Gasteiger charge is 2.14. The van der Waals surface area contributed by atoms with Gasteiger partial charge in [-0.05, 0) is 63.5 Å². The molecule has 1 aromatic carbocycles. The van der Waals surface area contributed by atoms with Crippen molar-refractivity contribution in [3.05, 3.63) is 29.3 Å². The zero-order valence-corrected chi connectivity index (χ0v) is 14.3. The Labute approximate surface area is 139 Å². The molecule has 1 N–H and O–H groups in total. The Balaban J connectivity index is 0.00000220. The third kappa shape index (κ3) is 7.37. The number of nitrogens with zero attached hydrogens (tertiary/aromatic N) is 1. The second-order valence-corrected chi connectivity index (χ2v) is 6.05. The fourth-order valence-electron chi connectivity index (χ4n) is 2.68. The molecule has 0 saturated carbocycles. The van der Waals surface area contributed by atoms with Crippen LogP contribution in [-0.4, -0.2) is 44.7 Å². The molecule has 1 saturated heterocycles. The Bertz CT molecular complexity index is 398. The molecule has 0 aliphatic carbocycles. The van der Waals surface area contributed by atoms with Gasteiger partial charge in [0.05, 0.1) is 6.61 Å². The van der Waals surface area contributed by atoms with Gasteiger partial charge in [0.2, 0.25) is 0 Å². The molecule has 1 fully saturated rings. The summed E-state index contributed by atoms with van der Waals surface area (Å²) < 4.78 is 5.71. The van der Waals surface area contributed by atoms with Crippen LogP contribution in [0.5, 0.6) is 5.75 Å². The van der Waals surface area contributed by atoms with Crippen LogP contribution >= 0.6 is 24.0 Å². The zero-order valence-electron chi connectivity index (χ0n) is 12.7. The van der Waals surface area contributed by atoms with Crippen LogP contribution in [0.2, 0.25) is 5.02 Å². The maximum Gasteiger partial charge on any atom is 0.120 e. The van der Waals surface area contributed by atoms with Gasteiger partial charge in [-0.15, -0.1) is 12.4 Å². The van der Waals surface area contributed by atoms with Crippen molar-refractivity contribution >= 4 is 24.0 Å². The molecule has 0 atom stereocenters. The van der Waals surface area contributed by atoms with Crippen LogP contribution in [0, 0.1) is 5.92 Å². The Hall–Kier alpha value is -0.480. The van der Waals surface area contributed by atoms with Crippen molar-refractivity contribution in [1.29, 1.82) is 0 Å². The van der Waals surface area contributed by atoms with E-state index in [-0.39, 0.29) is 12.4 Å². The number of hydrogen-bond donors (Lipinski definition) is 1. The molecule has 1 heterocycles. The molecule has 1 aliphatic heterocycles. The molecular formula is C16H26Cl2N2O. The summed E-state index contributed by atoms with van der Waals surface area (Å²) in [6.07, 6.45) is 3.67. The van der Waals surface area contributed by atoms with Gasteiger partial charge in [0.15, 0.2) is 0 Å². The van der Waals surface area contributed by atoms with Crippen molar-refractivity contribution in [2.24, 2.45) is 5.92 Å². The fourth-order valence-corrected chi connectivity index (χ4v) is 2.86. The summed E-state index contributed by atoms with van der Waals surface area (Å²) >= 11 is 5.92. The van der Waals surface area contributed by atoms with Crippen LogP contribution in [-0.2, 0) is 0 Å². The highest BCUT2D eigenvalue weighted by atomic mass is 35.5. The minimum Gasteiger partial charge on any atom is -0.493 e. The number of ether oxygens (including phenoxy) is 1. The molecule has 0 aromatic heterocycles. The molecule has 0 spiro atoms. The number of benzene rings is 1. The standard InChI is InChI=1S/C16H25ClN2O.ClH/c1-19(13-14-6-8-18-9-7-14)10-3-11-20-16-5-2-4-15(17)12-16;/h2,4-5,12,14,18H,3,6-11,13H2,1H3;1H. The minimum absolute atomic E-state index is 0. The summed E-state index contributed by atoms with van der Waals surface area (Å²) in [5.41, 5.74) is 0. The van der Waals surface area contributed by atoms with E-state index >= 15 is 0 Å². The van der Waals surface area contributed by atoms with Crippen molar-refractivity contribution in [3.8, 4) is 5.75 Å². The average molecular weight is 333 g/mol. The van der Waals surface area contributed by atoms with Crippen molar-refractivity contribution < 1.29 is 4.74 Å². The number of halogens is 2. The van der Waals surface area contributed by atoms with Gasteiger partial charge >= 0.3 is 0 Å². The first-order valence-electron chi connectivity index (χ1n) is 7.51. The first-order chi connectivity index (χ1) is 9.74. The summed E-state index contributed by atoms with van der Waals surface area (Å²) in [7, 11) is 2.21. The molecule has 21 heavy (non-hydrogen) atoms. The van der Waals surface area contributed by atoms with Crippen LogP contribution in [0.1, 0.15) is 19.3 Å². The molecular weight excluding hydrogens is 307 g/mol. The maximum atomic E-state index is 5.92. The van der Waals surface area contributed by atoms with Crippen LogP contribution in [0.25, 0.3) is 0 Å². The molecule has 120 valence electrons. The predicted octanol–water partition coefficient (Wildman–Crippen LogP) is 3.46. The number of nitrogens with one attached hydrogen (secondary N) is 1. The van der Waals surface area contributed by atoms with E-state index in [9.17, 15) is 0 Å². The average Bonchev–Trinajstić information content (AvgIpc) is 2.45. The largest absolute Gasteiger partial charge is 0.493 e. The lowest BCUT2D eigenvalue weighted by atomic mass is 9.98. The smallest absolute Gasteiger partial charge is 0.120 e. The second-order valence-electron chi connectivity index (χ2n) is 5.62. The van der Waals surface area contributed by atoms with Gasteiger partial charge < -0.3 is 15.0 Å². The van der Waals surface area contributed by atoms with Crippen molar-refractivity contribution in [2.45, 2.75) is 19.3 Å². The lowest BCUT2D eigenvalue weighted by Crippen LogP contribution is -2.35. The highest BCUT2D eigenvalue weighted by Crippen LogP contribution is 2.17. The topological polar surface area (TPSA) is 24.5 Å². The van der Waals surface area contributed by atoms with E-state index in [1.54, 1.807) is 0 Å². The van der Waals surface area contributed by atoms with E-state index in [0.29, 0.717) is 0 Å². The van der Waals surface area contributed by atoms with E-state index in [2.05, 4.69) is 17.3 Å². The summed E-state index contributed by atoms with van der Waals surface area (Å²) in [6.45, 7) is 5.40. The van der Waals surface area contributed by atoms with Gasteiger partial charge in [-0.3, -0.25) is 0 Å². The molecule has 1 aromatic rings. The molecule has 1 aliphatic rings. The van der Waals surface area contributed by atoms with Gasteiger partial charge in [0.25, 0.3) is 0 Å². The first kappa shape index (κ1) is 18.6. The first-order valence-corrected chi connectivity index (χ1v) is 7.89. The minimum atomic E-state index is 0. The van der Waals surface area contributed by atoms with Crippen molar-refractivity contribution in [2.75, 3.05) is 39.8 Å². The Morgan fingerprint density at radius 3 is 2.81 bits per heavy atom. The normalized spacial score (nSPS) is 15.8. The van der Waals surface area contributed by atoms with Gasteiger partial charge in [0, 0.05) is 18.1 Å². The number of hydrogen-bond acceptors (Lipinski definition) is 3. The highest BCUT2D eigenvalue weighted by molar-refractivity contribution is 6.30. The van der Waals surface area contributed by atoms with Crippen molar-refractivity contribution in [1.82, 2.24) is 10.2 Å². The second kappa shape index (κ2) is 10.3. The van der Waals surface area contributed by atoms with Gasteiger partial charge in [-0.2, -0.15) is 0 Å². The quantitative estimate of drug-likeness (QED) is 0.774. The van der Waals surface area contributed by atoms with Gasteiger partial charge in [0.1, 0.15) is 5.75 Å². The molecule has 5 heteroatoms. The predicted molar refractivity (Wildman–Crippen MR) is 91.9 cm³/mol. The number of piperidine rings is 1. The Morgan fingerprint density at radius 1 is 1.33 bits per heavy atom. The summed E-state index contributed by atoms with van der Waals surface area (Å²) in [4.78, 5) is 2.43. The lowest BCUT2D eigenvalue weighted by Gasteiger charge is -2.27. The van der Waals surface area contributed by atoms with E-state index < -0.39 is 0 Å². The Kier molecular flexibility index (Phi) is 9.09. The molecule has 0 bridgehead atoms. The monoisotopic (exact) mass is 332 g/mol. The molecule has 2 rings (SSSR count). The summed E-state index contributed by atoms with van der Waals surface area (Å²) in [5.74, 6) is 1.72. The van der Waals surface area contributed by atoms with Crippen LogP contribution in [0.3, 0.4) is 0 Å².